The highest BCUT2D eigenvalue weighted by Crippen LogP contribution is 2.23. The van der Waals surface area contributed by atoms with Crippen molar-refractivity contribution in [2.45, 2.75) is 6.42 Å². The van der Waals surface area contributed by atoms with Crippen LogP contribution in [0.2, 0.25) is 0 Å². The third kappa shape index (κ3) is 2.31. The monoisotopic (exact) mass is 237 g/mol. The van der Waals surface area contributed by atoms with Crippen LogP contribution in [0.15, 0.2) is 18.3 Å². The molecule has 0 saturated carbocycles. The zero-order chi connectivity index (χ0) is 11.5. The van der Waals surface area contributed by atoms with Crippen molar-refractivity contribution in [1.82, 2.24) is 4.98 Å². The van der Waals surface area contributed by atoms with Gasteiger partial charge in [-0.2, -0.15) is 0 Å². The van der Waals surface area contributed by atoms with Gasteiger partial charge in [-0.15, -0.1) is 0 Å². The van der Waals surface area contributed by atoms with Crippen LogP contribution in [0.5, 0.6) is 0 Å². The van der Waals surface area contributed by atoms with Crippen LogP contribution in [0, 0.1) is 5.92 Å². The van der Waals surface area contributed by atoms with Gasteiger partial charge in [0.25, 0.3) is 0 Å². The number of hydrogen-bond acceptors (Lipinski definition) is 4. The summed E-state index contributed by atoms with van der Waals surface area (Å²) >= 11 is 4.90. The predicted octanol–water partition coefficient (Wildman–Crippen LogP) is 0.534. The number of pyridine rings is 1. The standard InChI is InChI=1S/C11H15N3OS/c12-11(16)10-5-9(1-3-13-10)14-4-2-8(6-14)7-15/h1,3,5,8,15H,2,4,6-7H2,(H2,12,16). The molecule has 1 unspecified atom stereocenters. The summed E-state index contributed by atoms with van der Waals surface area (Å²) < 4.78 is 0. The number of rotatable bonds is 3. The topological polar surface area (TPSA) is 62.4 Å². The van der Waals surface area contributed by atoms with Crippen LogP contribution in [-0.2, 0) is 0 Å². The molecule has 4 nitrogen and oxygen atoms in total. The Bertz CT molecular complexity index is 397. The summed E-state index contributed by atoms with van der Waals surface area (Å²) in [5.74, 6) is 0.376. The minimum absolute atomic E-state index is 0.254. The molecule has 0 spiro atoms. The fraction of sp³-hybridized carbons (Fsp3) is 0.455. The van der Waals surface area contributed by atoms with Gasteiger partial charge < -0.3 is 15.7 Å². The molecule has 1 saturated heterocycles. The van der Waals surface area contributed by atoms with E-state index in [2.05, 4.69) is 9.88 Å². The van der Waals surface area contributed by atoms with Crippen molar-refractivity contribution in [3.05, 3.63) is 24.0 Å². The lowest BCUT2D eigenvalue weighted by atomic mass is 10.1. The number of hydrogen-bond donors (Lipinski definition) is 2. The first-order chi connectivity index (χ1) is 7.70. The molecule has 1 fully saturated rings. The summed E-state index contributed by atoms with van der Waals surface area (Å²) in [4.78, 5) is 6.65. The van der Waals surface area contributed by atoms with E-state index in [1.165, 1.54) is 0 Å². The van der Waals surface area contributed by atoms with E-state index in [9.17, 15) is 0 Å². The second kappa shape index (κ2) is 4.76. The van der Waals surface area contributed by atoms with Gasteiger partial charge in [0.15, 0.2) is 0 Å². The van der Waals surface area contributed by atoms with Crippen LogP contribution in [-0.4, -0.2) is 34.8 Å². The molecule has 1 aliphatic heterocycles. The van der Waals surface area contributed by atoms with Crippen molar-refractivity contribution in [3.63, 3.8) is 0 Å². The smallest absolute Gasteiger partial charge is 0.122 e. The Labute approximate surface area is 100 Å². The summed E-state index contributed by atoms with van der Waals surface area (Å²) in [6.07, 6.45) is 2.75. The van der Waals surface area contributed by atoms with Crippen molar-refractivity contribution in [3.8, 4) is 0 Å². The number of aliphatic hydroxyl groups is 1. The van der Waals surface area contributed by atoms with Gasteiger partial charge in [-0.1, -0.05) is 12.2 Å². The SMILES string of the molecule is NC(=S)c1cc(N2CCC(CO)C2)ccn1. The van der Waals surface area contributed by atoms with Crippen LogP contribution in [0.4, 0.5) is 5.69 Å². The van der Waals surface area contributed by atoms with E-state index in [1.807, 2.05) is 12.1 Å². The molecule has 5 heteroatoms. The van der Waals surface area contributed by atoms with Gasteiger partial charge in [-0.25, -0.2) is 0 Å². The molecule has 1 aromatic rings. The van der Waals surface area contributed by atoms with E-state index >= 15 is 0 Å². The first-order valence-corrected chi connectivity index (χ1v) is 5.73. The van der Waals surface area contributed by atoms with Crippen molar-refractivity contribution in [2.75, 3.05) is 24.6 Å². The number of thiocarbonyl (C=S) groups is 1. The molecule has 1 aromatic heterocycles. The molecule has 2 rings (SSSR count). The zero-order valence-corrected chi connectivity index (χ0v) is 9.78. The lowest BCUT2D eigenvalue weighted by Crippen LogP contribution is -2.21. The van der Waals surface area contributed by atoms with Gasteiger partial charge in [0, 0.05) is 37.5 Å². The molecule has 2 heterocycles. The molecule has 0 aliphatic carbocycles. The van der Waals surface area contributed by atoms with Crippen LogP contribution < -0.4 is 10.6 Å². The molecule has 1 atom stereocenters. The molecular weight excluding hydrogens is 222 g/mol. The minimum Gasteiger partial charge on any atom is -0.396 e. The van der Waals surface area contributed by atoms with E-state index in [0.717, 1.165) is 25.2 Å². The Morgan fingerprint density at radius 2 is 2.50 bits per heavy atom. The van der Waals surface area contributed by atoms with Crippen molar-refractivity contribution >= 4 is 22.9 Å². The average Bonchev–Trinajstić information content (AvgIpc) is 2.77. The molecule has 0 amide bonds. The van der Waals surface area contributed by atoms with Gasteiger partial charge >= 0.3 is 0 Å². The fourth-order valence-corrected chi connectivity index (χ4v) is 2.08. The number of aliphatic hydroxyl groups excluding tert-OH is 1. The van der Waals surface area contributed by atoms with Gasteiger partial charge in [0.2, 0.25) is 0 Å². The van der Waals surface area contributed by atoms with E-state index in [4.69, 9.17) is 23.1 Å². The molecule has 1 aliphatic rings. The number of nitrogens with two attached hydrogens (primary N) is 1. The Kier molecular flexibility index (Phi) is 3.36. The summed E-state index contributed by atoms with van der Waals surface area (Å²) in [6, 6.07) is 3.85. The first kappa shape index (κ1) is 11.3. The average molecular weight is 237 g/mol. The molecule has 86 valence electrons. The van der Waals surface area contributed by atoms with E-state index in [1.54, 1.807) is 6.20 Å². The van der Waals surface area contributed by atoms with Gasteiger partial charge in [-0.05, 0) is 18.6 Å². The van der Waals surface area contributed by atoms with Crippen molar-refractivity contribution < 1.29 is 5.11 Å². The third-order valence-corrected chi connectivity index (χ3v) is 3.11. The van der Waals surface area contributed by atoms with Gasteiger partial charge in [0.05, 0.1) is 5.69 Å². The fourth-order valence-electron chi connectivity index (χ4n) is 1.97. The van der Waals surface area contributed by atoms with Crippen LogP contribution in [0.3, 0.4) is 0 Å². The minimum atomic E-state index is 0.254. The van der Waals surface area contributed by atoms with Crippen LogP contribution >= 0.6 is 12.2 Å². The normalized spacial score (nSPS) is 20.1. The number of nitrogens with zero attached hydrogens (tertiary/aromatic N) is 2. The largest absolute Gasteiger partial charge is 0.396 e. The highest BCUT2D eigenvalue weighted by molar-refractivity contribution is 7.80. The molecule has 0 bridgehead atoms. The number of aromatic nitrogens is 1. The maximum atomic E-state index is 9.09. The number of anilines is 1. The van der Waals surface area contributed by atoms with E-state index in [-0.39, 0.29) is 6.61 Å². The lowest BCUT2D eigenvalue weighted by Gasteiger charge is -2.18. The summed E-state index contributed by atoms with van der Waals surface area (Å²) in [5.41, 5.74) is 7.28. The lowest BCUT2D eigenvalue weighted by molar-refractivity contribution is 0.238. The second-order valence-electron chi connectivity index (χ2n) is 4.05. The second-order valence-corrected chi connectivity index (χ2v) is 4.49. The Morgan fingerprint density at radius 1 is 1.69 bits per heavy atom. The molecule has 0 radical (unpaired) electrons. The molecule has 0 aromatic carbocycles. The van der Waals surface area contributed by atoms with Crippen molar-refractivity contribution in [2.24, 2.45) is 11.7 Å². The maximum absolute atomic E-state index is 9.09. The van der Waals surface area contributed by atoms with Gasteiger partial charge in [-0.3, -0.25) is 4.98 Å². The van der Waals surface area contributed by atoms with E-state index in [0.29, 0.717) is 16.6 Å². The van der Waals surface area contributed by atoms with Crippen LogP contribution in [0.1, 0.15) is 12.1 Å². The van der Waals surface area contributed by atoms with Gasteiger partial charge in [0.1, 0.15) is 4.99 Å². The van der Waals surface area contributed by atoms with Crippen molar-refractivity contribution in [1.29, 1.82) is 0 Å². The third-order valence-electron chi connectivity index (χ3n) is 2.91. The van der Waals surface area contributed by atoms with E-state index < -0.39 is 0 Å². The zero-order valence-electron chi connectivity index (χ0n) is 8.97. The predicted molar refractivity (Wildman–Crippen MR) is 67.5 cm³/mol. The first-order valence-electron chi connectivity index (χ1n) is 5.32. The highest BCUT2D eigenvalue weighted by atomic mass is 32.1. The Morgan fingerprint density at radius 3 is 3.12 bits per heavy atom. The molecule has 3 N–H and O–H groups in total. The summed E-state index contributed by atoms with van der Waals surface area (Å²) in [7, 11) is 0. The quantitative estimate of drug-likeness (QED) is 0.751. The Balaban J connectivity index is 2.15. The summed E-state index contributed by atoms with van der Waals surface area (Å²) in [5, 5.41) is 9.09. The highest BCUT2D eigenvalue weighted by Gasteiger charge is 2.22. The van der Waals surface area contributed by atoms with Crippen LogP contribution in [0.25, 0.3) is 0 Å². The molecular formula is C11H15N3OS. The Hall–Kier alpha value is -1.20. The maximum Gasteiger partial charge on any atom is 0.122 e. The summed E-state index contributed by atoms with van der Waals surface area (Å²) in [6.45, 7) is 2.10. The molecule has 16 heavy (non-hydrogen) atoms.